The molecule has 0 radical (unpaired) electrons. The van der Waals surface area contributed by atoms with E-state index in [9.17, 15) is 0 Å². The molecular weight excluding hydrogens is 280 g/mol. The van der Waals surface area contributed by atoms with Gasteiger partial charge in [0.25, 0.3) is 0 Å². The first-order chi connectivity index (χ1) is 10.1. The maximum Gasteiger partial charge on any atom is 0.0426 e. The Morgan fingerprint density at radius 1 is 1.29 bits per heavy atom. The van der Waals surface area contributed by atoms with Gasteiger partial charge >= 0.3 is 0 Å². The molecule has 2 aliphatic rings. The van der Waals surface area contributed by atoms with Crippen molar-refractivity contribution in [2.75, 3.05) is 18.0 Å². The van der Waals surface area contributed by atoms with Gasteiger partial charge < -0.3 is 10.2 Å². The summed E-state index contributed by atoms with van der Waals surface area (Å²) >= 11 is 6.26. The minimum absolute atomic E-state index is 0.332. The first-order valence-corrected chi connectivity index (χ1v) is 8.79. The minimum Gasteiger partial charge on any atom is -0.365 e. The van der Waals surface area contributed by atoms with E-state index in [0.29, 0.717) is 11.6 Å². The molecule has 116 valence electrons. The Hall–Kier alpha value is -0.730. The molecule has 1 spiro atoms. The second-order valence-corrected chi connectivity index (χ2v) is 7.28. The largest absolute Gasteiger partial charge is 0.365 e. The van der Waals surface area contributed by atoms with Gasteiger partial charge in [0.05, 0.1) is 0 Å². The van der Waals surface area contributed by atoms with Crippen LogP contribution in [0.25, 0.3) is 0 Å². The third kappa shape index (κ3) is 3.07. The average molecular weight is 307 g/mol. The van der Waals surface area contributed by atoms with E-state index in [1.165, 1.54) is 49.8 Å². The van der Waals surface area contributed by atoms with Crippen LogP contribution in [0.3, 0.4) is 0 Å². The molecule has 1 unspecified atom stereocenters. The van der Waals surface area contributed by atoms with Crippen LogP contribution in [0.2, 0.25) is 5.02 Å². The number of hydrogen-bond acceptors (Lipinski definition) is 2. The highest BCUT2D eigenvalue weighted by molar-refractivity contribution is 6.30. The Morgan fingerprint density at radius 3 is 2.76 bits per heavy atom. The van der Waals surface area contributed by atoms with E-state index >= 15 is 0 Å². The fourth-order valence-corrected chi connectivity index (χ4v) is 4.22. The lowest BCUT2D eigenvalue weighted by Crippen LogP contribution is -2.65. The Kier molecular flexibility index (Phi) is 4.46. The number of benzene rings is 1. The summed E-state index contributed by atoms with van der Waals surface area (Å²) in [6.07, 6.45) is 7.95. The molecule has 2 nitrogen and oxygen atoms in total. The monoisotopic (exact) mass is 306 g/mol. The highest BCUT2D eigenvalue weighted by Gasteiger charge is 2.39. The maximum absolute atomic E-state index is 6.26. The Balaban J connectivity index is 1.90. The van der Waals surface area contributed by atoms with E-state index in [2.05, 4.69) is 36.2 Å². The van der Waals surface area contributed by atoms with Crippen molar-refractivity contribution < 1.29 is 0 Å². The fourth-order valence-electron chi connectivity index (χ4n) is 4.06. The standard InChI is InChI=1S/C18H27ClN2/c1-3-16-12-20-18(9-5-4-6-10-18)13-21(16)17-11-15(19)8-7-14(17)2/h7-8,11,16,20H,3-6,9-10,12-13H2,1-2H3. The molecule has 1 atom stereocenters. The first kappa shape index (κ1) is 15.2. The van der Waals surface area contributed by atoms with Crippen LogP contribution in [0.4, 0.5) is 5.69 Å². The van der Waals surface area contributed by atoms with Crippen molar-refractivity contribution in [3.05, 3.63) is 28.8 Å². The number of anilines is 1. The van der Waals surface area contributed by atoms with Gasteiger partial charge in [0.2, 0.25) is 0 Å². The summed E-state index contributed by atoms with van der Waals surface area (Å²) in [7, 11) is 0. The quantitative estimate of drug-likeness (QED) is 0.863. The lowest BCUT2D eigenvalue weighted by molar-refractivity contribution is 0.196. The molecule has 2 fully saturated rings. The van der Waals surface area contributed by atoms with Gasteiger partial charge in [-0.05, 0) is 43.9 Å². The highest BCUT2D eigenvalue weighted by Crippen LogP contribution is 2.36. The van der Waals surface area contributed by atoms with Crippen molar-refractivity contribution in [1.29, 1.82) is 0 Å². The number of nitrogens with zero attached hydrogens (tertiary/aromatic N) is 1. The zero-order valence-corrected chi connectivity index (χ0v) is 14.0. The summed E-state index contributed by atoms with van der Waals surface area (Å²) in [5, 5.41) is 4.74. The smallest absolute Gasteiger partial charge is 0.0426 e. The van der Waals surface area contributed by atoms with Crippen LogP contribution in [0.5, 0.6) is 0 Å². The molecule has 1 saturated heterocycles. The maximum atomic E-state index is 6.26. The van der Waals surface area contributed by atoms with E-state index in [1.807, 2.05) is 6.07 Å². The molecule has 1 aliphatic heterocycles. The molecule has 1 N–H and O–H groups in total. The van der Waals surface area contributed by atoms with E-state index in [-0.39, 0.29) is 0 Å². The molecule has 3 heteroatoms. The van der Waals surface area contributed by atoms with Crippen LogP contribution in [-0.4, -0.2) is 24.7 Å². The van der Waals surface area contributed by atoms with Crippen molar-refractivity contribution in [3.63, 3.8) is 0 Å². The number of nitrogens with one attached hydrogen (secondary N) is 1. The summed E-state index contributed by atoms with van der Waals surface area (Å²) in [4.78, 5) is 2.63. The van der Waals surface area contributed by atoms with E-state index < -0.39 is 0 Å². The third-order valence-electron chi connectivity index (χ3n) is 5.39. The fraction of sp³-hybridized carbons (Fsp3) is 0.667. The van der Waals surface area contributed by atoms with E-state index in [0.717, 1.165) is 18.1 Å². The van der Waals surface area contributed by atoms with Crippen molar-refractivity contribution in [3.8, 4) is 0 Å². The molecule has 1 saturated carbocycles. The number of aryl methyl sites for hydroxylation is 1. The molecule has 0 bridgehead atoms. The zero-order chi connectivity index (χ0) is 14.9. The second kappa shape index (κ2) is 6.18. The molecule has 21 heavy (non-hydrogen) atoms. The first-order valence-electron chi connectivity index (χ1n) is 8.41. The summed E-state index contributed by atoms with van der Waals surface area (Å²) in [6, 6.07) is 6.89. The zero-order valence-electron chi connectivity index (χ0n) is 13.3. The second-order valence-electron chi connectivity index (χ2n) is 6.84. The summed E-state index contributed by atoms with van der Waals surface area (Å²) in [5.74, 6) is 0. The van der Waals surface area contributed by atoms with Gasteiger partial charge in [0, 0.05) is 35.4 Å². The number of hydrogen-bond donors (Lipinski definition) is 1. The van der Waals surface area contributed by atoms with Crippen LogP contribution in [0, 0.1) is 6.92 Å². The molecule has 1 heterocycles. The lowest BCUT2D eigenvalue weighted by Gasteiger charge is -2.51. The van der Waals surface area contributed by atoms with Gasteiger partial charge in [0.1, 0.15) is 0 Å². The van der Waals surface area contributed by atoms with Crippen molar-refractivity contribution in [1.82, 2.24) is 5.32 Å². The van der Waals surface area contributed by atoms with E-state index in [1.54, 1.807) is 0 Å². The SMILES string of the molecule is CCC1CNC2(CCCCC2)CN1c1cc(Cl)ccc1C. The van der Waals surface area contributed by atoms with Crippen LogP contribution < -0.4 is 10.2 Å². The third-order valence-corrected chi connectivity index (χ3v) is 5.62. The Morgan fingerprint density at radius 2 is 2.05 bits per heavy atom. The highest BCUT2D eigenvalue weighted by atomic mass is 35.5. The van der Waals surface area contributed by atoms with Gasteiger partial charge in [-0.15, -0.1) is 0 Å². The van der Waals surface area contributed by atoms with Gasteiger partial charge in [0.15, 0.2) is 0 Å². The van der Waals surface area contributed by atoms with Crippen LogP contribution in [0.1, 0.15) is 51.0 Å². The number of halogens is 1. The van der Waals surface area contributed by atoms with Gasteiger partial charge in [-0.2, -0.15) is 0 Å². The molecule has 0 amide bonds. The normalized spacial score (nSPS) is 25.3. The van der Waals surface area contributed by atoms with Crippen LogP contribution in [0.15, 0.2) is 18.2 Å². The molecule has 1 aromatic carbocycles. The summed E-state index contributed by atoms with van der Waals surface area (Å²) in [6.45, 7) is 6.72. The van der Waals surface area contributed by atoms with Crippen LogP contribution >= 0.6 is 11.6 Å². The predicted molar refractivity (Wildman–Crippen MR) is 91.4 cm³/mol. The lowest BCUT2D eigenvalue weighted by atomic mass is 9.79. The van der Waals surface area contributed by atoms with Crippen molar-refractivity contribution >= 4 is 17.3 Å². The predicted octanol–water partition coefficient (Wildman–Crippen LogP) is 4.54. The Bertz CT molecular complexity index is 494. The molecule has 0 aromatic heterocycles. The van der Waals surface area contributed by atoms with Gasteiger partial charge in [-0.25, -0.2) is 0 Å². The summed E-state index contributed by atoms with van der Waals surface area (Å²) < 4.78 is 0. The number of piperazine rings is 1. The summed E-state index contributed by atoms with van der Waals surface area (Å²) in [5.41, 5.74) is 3.00. The molecule has 1 aromatic rings. The van der Waals surface area contributed by atoms with Gasteiger partial charge in [-0.1, -0.05) is 43.9 Å². The average Bonchev–Trinajstić information content (AvgIpc) is 2.50. The minimum atomic E-state index is 0.332. The molecular formula is C18H27ClN2. The number of rotatable bonds is 2. The van der Waals surface area contributed by atoms with Crippen LogP contribution in [-0.2, 0) is 0 Å². The van der Waals surface area contributed by atoms with Crippen molar-refractivity contribution in [2.45, 2.75) is 64.0 Å². The Labute approximate surface area is 133 Å². The van der Waals surface area contributed by atoms with Gasteiger partial charge in [-0.3, -0.25) is 0 Å². The topological polar surface area (TPSA) is 15.3 Å². The van der Waals surface area contributed by atoms with Crippen molar-refractivity contribution in [2.24, 2.45) is 0 Å². The molecule has 1 aliphatic carbocycles. The molecule has 3 rings (SSSR count). The van der Waals surface area contributed by atoms with E-state index in [4.69, 9.17) is 11.6 Å².